The van der Waals surface area contributed by atoms with Gasteiger partial charge in [-0.15, -0.1) is 0 Å². The SMILES string of the molecule is Cc1cnccc1CNCC(C)O. The predicted octanol–water partition coefficient (Wildman–Crippen LogP) is 0.860. The molecule has 0 spiro atoms. The summed E-state index contributed by atoms with van der Waals surface area (Å²) < 4.78 is 0. The van der Waals surface area contributed by atoms with Crippen LogP contribution in [-0.4, -0.2) is 22.7 Å². The molecule has 0 saturated carbocycles. The third-order valence-electron chi connectivity index (χ3n) is 1.89. The van der Waals surface area contributed by atoms with Gasteiger partial charge in [0.05, 0.1) is 6.10 Å². The largest absolute Gasteiger partial charge is 0.392 e. The van der Waals surface area contributed by atoms with Crippen molar-refractivity contribution in [1.29, 1.82) is 0 Å². The molecule has 1 aromatic rings. The van der Waals surface area contributed by atoms with Gasteiger partial charge in [0.15, 0.2) is 0 Å². The number of nitrogens with zero attached hydrogens (tertiary/aromatic N) is 1. The van der Waals surface area contributed by atoms with E-state index in [4.69, 9.17) is 5.11 Å². The zero-order chi connectivity index (χ0) is 9.68. The molecule has 1 aromatic heterocycles. The molecule has 13 heavy (non-hydrogen) atoms. The van der Waals surface area contributed by atoms with Crippen molar-refractivity contribution >= 4 is 0 Å². The predicted molar refractivity (Wildman–Crippen MR) is 52.4 cm³/mol. The van der Waals surface area contributed by atoms with Crippen LogP contribution in [0.3, 0.4) is 0 Å². The van der Waals surface area contributed by atoms with E-state index in [0.717, 1.165) is 6.54 Å². The number of hydrogen-bond acceptors (Lipinski definition) is 3. The van der Waals surface area contributed by atoms with E-state index >= 15 is 0 Å². The fourth-order valence-corrected chi connectivity index (χ4v) is 1.12. The van der Waals surface area contributed by atoms with Crippen molar-refractivity contribution in [2.45, 2.75) is 26.5 Å². The summed E-state index contributed by atoms with van der Waals surface area (Å²) in [5, 5.41) is 12.2. The van der Waals surface area contributed by atoms with E-state index in [1.165, 1.54) is 11.1 Å². The van der Waals surface area contributed by atoms with Gasteiger partial charge in [0.1, 0.15) is 0 Å². The zero-order valence-electron chi connectivity index (χ0n) is 8.12. The normalized spacial score (nSPS) is 12.8. The monoisotopic (exact) mass is 180 g/mol. The molecular formula is C10H16N2O. The molecule has 0 aliphatic rings. The lowest BCUT2D eigenvalue weighted by atomic mass is 10.1. The van der Waals surface area contributed by atoms with Gasteiger partial charge in [0.25, 0.3) is 0 Å². The smallest absolute Gasteiger partial charge is 0.0636 e. The number of pyridine rings is 1. The highest BCUT2D eigenvalue weighted by Crippen LogP contribution is 2.03. The fraction of sp³-hybridized carbons (Fsp3) is 0.500. The maximum absolute atomic E-state index is 9.02. The van der Waals surface area contributed by atoms with Gasteiger partial charge in [0, 0.05) is 25.5 Å². The van der Waals surface area contributed by atoms with Crippen molar-refractivity contribution in [1.82, 2.24) is 10.3 Å². The van der Waals surface area contributed by atoms with Gasteiger partial charge in [-0.2, -0.15) is 0 Å². The number of aromatic nitrogens is 1. The molecule has 1 rings (SSSR count). The minimum atomic E-state index is -0.290. The van der Waals surface area contributed by atoms with Crippen LogP contribution >= 0.6 is 0 Å². The molecule has 1 atom stereocenters. The fourth-order valence-electron chi connectivity index (χ4n) is 1.12. The van der Waals surface area contributed by atoms with Crippen LogP contribution < -0.4 is 5.32 Å². The molecular weight excluding hydrogens is 164 g/mol. The summed E-state index contributed by atoms with van der Waals surface area (Å²) in [7, 11) is 0. The molecule has 0 saturated heterocycles. The highest BCUT2D eigenvalue weighted by molar-refractivity contribution is 5.21. The van der Waals surface area contributed by atoms with Crippen molar-refractivity contribution in [3.8, 4) is 0 Å². The molecule has 1 heterocycles. The average molecular weight is 180 g/mol. The Hall–Kier alpha value is -0.930. The second-order valence-electron chi connectivity index (χ2n) is 3.28. The molecule has 0 radical (unpaired) electrons. The second-order valence-corrected chi connectivity index (χ2v) is 3.28. The van der Waals surface area contributed by atoms with Crippen LogP contribution in [0.4, 0.5) is 0 Å². The maximum Gasteiger partial charge on any atom is 0.0636 e. The highest BCUT2D eigenvalue weighted by Gasteiger charge is 1.98. The highest BCUT2D eigenvalue weighted by atomic mass is 16.3. The van der Waals surface area contributed by atoms with E-state index in [1.807, 2.05) is 19.2 Å². The Balaban J connectivity index is 2.41. The second kappa shape index (κ2) is 4.94. The van der Waals surface area contributed by atoms with Crippen molar-refractivity contribution in [2.75, 3.05) is 6.54 Å². The van der Waals surface area contributed by atoms with Gasteiger partial charge < -0.3 is 10.4 Å². The molecule has 2 N–H and O–H groups in total. The Morgan fingerprint density at radius 3 is 3.00 bits per heavy atom. The lowest BCUT2D eigenvalue weighted by Crippen LogP contribution is -2.24. The topological polar surface area (TPSA) is 45.2 Å². The van der Waals surface area contributed by atoms with Gasteiger partial charge in [-0.3, -0.25) is 4.98 Å². The van der Waals surface area contributed by atoms with Crippen LogP contribution in [0.2, 0.25) is 0 Å². The first-order chi connectivity index (χ1) is 6.20. The number of aliphatic hydroxyl groups excluding tert-OH is 1. The summed E-state index contributed by atoms with van der Waals surface area (Å²) in [5.41, 5.74) is 2.41. The number of rotatable bonds is 4. The molecule has 0 aliphatic carbocycles. The van der Waals surface area contributed by atoms with Crippen molar-refractivity contribution in [2.24, 2.45) is 0 Å². The molecule has 0 fully saturated rings. The van der Waals surface area contributed by atoms with Gasteiger partial charge in [0.2, 0.25) is 0 Å². The van der Waals surface area contributed by atoms with Crippen molar-refractivity contribution in [3.05, 3.63) is 29.6 Å². The maximum atomic E-state index is 9.02. The van der Waals surface area contributed by atoms with Gasteiger partial charge in [-0.05, 0) is 31.0 Å². The first-order valence-electron chi connectivity index (χ1n) is 4.48. The Bertz CT molecular complexity index is 261. The van der Waals surface area contributed by atoms with E-state index in [9.17, 15) is 0 Å². The molecule has 0 bridgehead atoms. The lowest BCUT2D eigenvalue weighted by molar-refractivity contribution is 0.191. The Labute approximate surface area is 78.8 Å². The van der Waals surface area contributed by atoms with Crippen LogP contribution in [0.5, 0.6) is 0 Å². The van der Waals surface area contributed by atoms with Gasteiger partial charge >= 0.3 is 0 Å². The van der Waals surface area contributed by atoms with Crippen molar-refractivity contribution in [3.63, 3.8) is 0 Å². The number of hydrogen-bond donors (Lipinski definition) is 2. The summed E-state index contributed by atoms with van der Waals surface area (Å²) in [4.78, 5) is 4.01. The number of aliphatic hydroxyl groups is 1. The summed E-state index contributed by atoms with van der Waals surface area (Å²) in [6, 6.07) is 1.99. The third kappa shape index (κ3) is 3.53. The van der Waals surface area contributed by atoms with Crippen LogP contribution in [0, 0.1) is 6.92 Å². The Morgan fingerprint density at radius 1 is 1.62 bits per heavy atom. The Kier molecular flexibility index (Phi) is 3.86. The molecule has 3 nitrogen and oxygen atoms in total. The van der Waals surface area contributed by atoms with Crippen molar-refractivity contribution < 1.29 is 5.11 Å². The minimum Gasteiger partial charge on any atom is -0.392 e. The third-order valence-corrected chi connectivity index (χ3v) is 1.89. The van der Waals surface area contributed by atoms with Crippen LogP contribution in [0.15, 0.2) is 18.5 Å². The first kappa shape index (κ1) is 10.2. The molecule has 0 amide bonds. The summed E-state index contributed by atoms with van der Waals surface area (Å²) in [6.45, 7) is 5.22. The molecule has 1 unspecified atom stereocenters. The van der Waals surface area contributed by atoms with E-state index in [-0.39, 0.29) is 6.10 Å². The van der Waals surface area contributed by atoms with E-state index in [1.54, 1.807) is 13.1 Å². The van der Waals surface area contributed by atoms with E-state index in [2.05, 4.69) is 10.3 Å². The molecule has 72 valence electrons. The van der Waals surface area contributed by atoms with E-state index < -0.39 is 0 Å². The summed E-state index contributed by atoms with van der Waals surface area (Å²) in [5.74, 6) is 0. The van der Waals surface area contributed by atoms with E-state index in [0.29, 0.717) is 6.54 Å². The van der Waals surface area contributed by atoms with Crippen LogP contribution in [-0.2, 0) is 6.54 Å². The molecule has 0 aliphatic heterocycles. The first-order valence-corrected chi connectivity index (χ1v) is 4.48. The molecule has 3 heteroatoms. The number of nitrogens with one attached hydrogen (secondary N) is 1. The van der Waals surface area contributed by atoms with Gasteiger partial charge in [-0.1, -0.05) is 0 Å². The van der Waals surface area contributed by atoms with Crippen LogP contribution in [0.25, 0.3) is 0 Å². The Morgan fingerprint density at radius 2 is 2.38 bits per heavy atom. The quantitative estimate of drug-likeness (QED) is 0.722. The van der Waals surface area contributed by atoms with Gasteiger partial charge in [-0.25, -0.2) is 0 Å². The minimum absolute atomic E-state index is 0.290. The summed E-state index contributed by atoms with van der Waals surface area (Å²) >= 11 is 0. The average Bonchev–Trinajstić information content (AvgIpc) is 2.08. The standard InChI is InChI=1S/C10H16N2O/c1-8-5-11-4-3-10(8)7-12-6-9(2)13/h3-5,9,12-13H,6-7H2,1-2H3. The van der Waals surface area contributed by atoms with Crippen LogP contribution in [0.1, 0.15) is 18.1 Å². The lowest BCUT2D eigenvalue weighted by Gasteiger charge is -2.08. The summed E-state index contributed by atoms with van der Waals surface area (Å²) in [6.07, 6.45) is 3.34. The number of aryl methyl sites for hydroxylation is 1. The zero-order valence-corrected chi connectivity index (χ0v) is 8.12. The molecule has 0 aromatic carbocycles.